The predicted octanol–water partition coefficient (Wildman–Crippen LogP) is 1.01. The summed E-state index contributed by atoms with van der Waals surface area (Å²) in [6.07, 6.45) is 1.90. The normalized spacial score (nSPS) is 19.3. The highest BCUT2D eigenvalue weighted by Gasteiger charge is 2.21. The van der Waals surface area contributed by atoms with Crippen molar-refractivity contribution in [2.24, 2.45) is 5.92 Å². The molecule has 0 saturated carbocycles. The van der Waals surface area contributed by atoms with Crippen LogP contribution in [0.3, 0.4) is 0 Å². The van der Waals surface area contributed by atoms with Crippen molar-refractivity contribution in [2.75, 3.05) is 18.8 Å². The van der Waals surface area contributed by atoms with E-state index in [2.05, 4.69) is 10.0 Å². The molecule has 0 spiro atoms. The molecule has 21 heavy (non-hydrogen) atoms. The highest BCUT2D eigenvalue weighted by Crippen LogP contribution is 2.14. The molecule has 0 bridgehead atoms. The molecule has 1 heterocycles. The third kappa shape index (κ3) is 5.07. The second kappa shape index (κ2) is 6.97. The lowest BCUT2D eigenvalue weighted by atomic mass is 10.0. The maximum atomic E-state index is 12.0. The molecule has 1 aromatic rings. The van der Waals surface area contributed by atoms with Crippen molar-refractivity contribution in [3.8, 4) is 0 Å². The molecule has 1 aliphatic heterocycles. The highest BCUT2D eigenvalue weighted by molar-refractivity contribution is 7.89. The van der Waals surface area contributed by atoms with Gasteiger partial charge in [-0.15, -0.1) is 0 Å². The summed E-state index contributed by atoms with van der Waals surface area (Å²) < 4.78 is 26.5. The van der Waals surface area contributed by atoms with Crippen LogP contribution >= 0.6 is 0 Å². The average Bonchev–Trinajstić information content (AvgIpc) is 2.46. The zero-order valence-corrected chi connectivity index (χ0v) is 12.4. The first kappa shape index (κ1) is 15.9. The standard InChI is InChI=1S/C13H19N3O4S/c17-16(18)13-5-1-3-11(7-13)9-15-21(19,20)10-12-4-2-6-14-8-12/h1,3,5,7,12,14-15H,2,4,6,8-10H2. The van der Waals surface area contributed by atoms with Gasteiger partial charge in [0.25, 0.3) is 5.69 Å². The molecule has 1 atom stereocenters. The molecule has 0 aromatic heterocycles. The van der Waals surface area contributed by atoms with Crippen LogP contribution in [0.25, 0.3) is 0 Å². The Balaban J connectivity index is 1.91. The molecule has 1 fully saturated rings. The first-order chi connectivity index (χ1) is 9.96. The Hall–Kier alpha value is -1.51. The molecule has 1 aliphatic rings. The summed E-state index contributed by atoms with van der Waals surface area (Å²) >= 11 is 0. The van der Waals surface area contributed by atoms with Gasteiger partial charge < -0.3 is 5.32 Å². The van der Waals surface area contributed by atoms with E-state index in [1.807, 2.05) is 0 Å². The van der Waals surface area contributed by atoms with Crippen LogP contribution in [0.2, 0.25) is 0 Å². The first-order valence-electron chi connectivity index (χ1n) is 6.88. The SMILES string of the molecule is O=[N+]([O-])c1cccc(CNS(=O)(=O)CC2CCCNC2)c1. The fraction of sp³-hybridized carbons (Fsp3) is 0.538. The number of hydrogen-bond donors (Lipinski definition) is 2. The zero-order chi connectivity index (χ0) is 15.3. The van der Waals surface area contributed by atoms with Gasteiger partial charge in [-0.3, -0.25) is 10.1 Å². The van der Waals surface area contributed by atoms with Crippen molar-refractivity contribution in [3.05, 3.63) is 39.9 Å². The Bertz CT molecular complexity index is 597. The smallest absolute Gasteiger partial charge is 0.269 e. The number of nitrogens with one attached hydrogen (secondary N) is 2. The summed E-state index contributed by atoms with van der Waals surface area (Å²) in [7, 11) is -3.37. The van der Waals surface area contributed by atoms with E-state index in [4.69, 9.17) is 0 Å². The van der Waals surface area contributed by atoms with Crippen molar-refractivity contribution in [3.63, 3.8) is 0 Å². The van der Waals surface area contributed by atoms with E-state index in [1.165, 1.54) is 12.1 Å². The van der Waals surface area contributed by atoms with E-state index in [1.54, 1.807) is 12.1 Å². The van der Waals surface area contributed by atoms with Gasteiger partial charge in [-0.25, -0.2) is 13.1 Å². The monoisotopic (exact) mass is 313 g/mol. The van der Waals surface area contributed by atoms with E-state index in [0.29, 0.717) is 5.56 Å². The molecule has 0 radical (unpaired) electrons. The maximum Gasteiger partial charge on any atom is 0.269 e. The number of nitrogens with zero attached hydrogens (tertiary/aromatic N) is 1. The van der Waals surface area contributed by atoms with Gasteiger partial charge in [0, 0.05) is 18.7 Å². The van der Waals surface area contributed by atoms with Crippen LogP contribution in [0.15, 0.2) is 24.3 Å². The van der Waals surface area contributed by atoms with Crippen LogP contribution in [-0.4, -0.2) is 32.2 Å². The summed E-state index contributed by atoms with van der Waals surface area (Å²) in [6.45, 7) is 1.74. The van der Waals surface area contributed by atoms with E-state index in [-0.39, 0.29) is 23.9 Å². The second-order valence-corrected chi connectivity index (χ2v) is 7.09. The Morgan fingerprint density at radius 2 is 2.24 bits per heavy atom. The van der Waals surface area contributed by atoms with Crippen molar-refractivity contribution >= 4 is 15.7 Å². The van der Waals surface area contributed by atoms with Gasteiger partial charge in [0.05, 0.1) is 10.7 Å². The molecule has 1 aromatic carbocycles. The minimum atomic E-state index is -3.37. The summed E-state index contributed by atoms with van der Waals surface area (Å²) in [5.74, 6) is 0.218. The van der Waals surface area contributed by atoms with Crippen LogP contribution in [0.4, 0.5) is 5.69 Å². The van der Waals surface area contributed by atoms with Gasteiger partial charge in [0.15, 0.2) is 0 Å². The molecule has 0 aliphatic carbocycles. The molecule has 8 heteroatoms. The lowest BCUT2D eigenvalue weighted by molar-refractivity contribution is -0.384. The minimum absolute atomic E-state index is 0.0387. The molecular weight excluding hydrogens is 294 g/mol. The number of nitro benzene ring substituents is 1. The maximum absolute atomic E-state index is 12.0. The van der Waals surface area contributed by atoms with E-state index in [9.17, 15) is 18.5 Å². The molecule has 1 unspecified atom stereocenters. The highest BCUT2D eigenvalue weighted by atomic mass is 32.2. The number of rotatable bonds is 6. The third-order valence-electron chi connectivity index (χ3n) is 3.47. The van der Waals surface area contributed by atoms with Crippen molar-refractivity contribution in [2.45, 2.75) is 19.4 Å². The van der Waals surface area contributed by atoms with Crippen molar-refractivity contribution in [1.29, 1.82) is 0 Å². The number of non-ortho nitro benzene ring substituents is 1. The number of nitro groups is 1. The van der Waals surface area contributed by atoms with Gasteiger partial charge in [0.1, 0.15) is 0 Å². The predicted molar refractivity (Wildman–Crippen MR) is 79.3 cm³/mol. The molecule has 2 N–H and O–H groups in total. The van der Waals surface area contributed by atoms with Crippen LogP contribution in [-0.2, 0) is 16.6 Å². The third-order valence-corrected chi connectivity index (χ3v) is 4.97. The second-order valence-electron chi connectivity index (χ2n) is 5.24. The Labute approximate surface area is 123 Å². The zero-order valence-electron chi connectivity index (χ0n) is 11.6. The van der Waals surface area contributed by atoms with Crippen molar-refractivity contribution < 1.29 is 13.3 Å². The van der Waals surface area contributed by atoms with Crippen molar-refractivity contribution in [1.82, 2.24) is 10.0 Å². The Kier molecular flexibility index (Phi) is 5.27. The van der Waals surface area contributed by atoms with Crippen LogP contribution in [0, 0.1) is 16.0 Å². The molecule has 0 amide bonds. The topological polar surface area (TPSA) is 101 Å². The van der Waals surface area contributed by atoms with Gasteiger partial charge in [-0.05, 0) is 37.4 Å². The summed E-state index contributed by atoms with van der Waals surface area (Å²) in [6, 6.07) is 5.97. The quantitative estimate of drug-likeness (QED) is 0.603. The molecule has 2 rings (SSSR count). The summed E-state index contributed by atoms with van der Waals surface area (Å²) in [4.78, 5) is 10.2. The number of piperidine rings is 1. The molecule has 116 valence electrons. The van der Waals surface area contributed by atoms with Gasteiger partial charge >= 0.3 is 0 Å². The van der Waals surface area contributed by atoms with Crippen LogP contribution in [0.5, 0.6) is 0 Å². The number of hydrogen-bond acceptors (Lipinski definition) is 5. The number of sulfonamides is 1. The lowest BCUT2D eigenvalue weighted by Gasteiger charge is -2.22. The van der Waals surface area contributed by atoms with E-state index >= 15 is 0 Å². The van der Waals surface area contributed by atoms with E-state index in [0.717, 1.165) is 25.9 Å². The fourth-order valence-electron chi connectivity index (χ4n) is 2.41. The van der Waals surface area contributed by atoms with Gasteiger partial charge in [-0.1, -0.05) is 12.1 Å². The lowest BCUT2D eigenvalue weighted by Crippen LogP contribution is -2.37. The largest absolute Gasteiger partial charge is 0.316 e. The molecule has 1 saturated heterocycles. The summed E-state index contributed by atoms with van der Waals surface area (Å²) in [5, 5.41) is 13.9. The first-order valence-corrected chi connectivity index (χ1v) is 8.53. The van der Waals surface area contributed by atoms with Crippen LogP contribution < -0.4 is 10.0 Å². The van der Waals surface area contributed by atoms with Gasteiger partial charge in [-0.2, -0.15) is 0 Å². The fourth-order valence-corrected chi connectivity index (χ4v) is 3.82. The summed E-state index contributed by atoms with van der Waals surface area (Å²) in [5.41, 5.74) is 0.540. The van der Waals surface area contributed by atoms with Crippen LogP contribution in [0.1, 0.15) is 18.4 Å². The Morgan fingerprint density at radius 3 is 2.90 bits per heavy atom. The minimum Gasteiger partial charge on any atom is -0.316 e. The molecular formula is C13H19N3O4S. The average molecular weight is 313 g/mol. The van der Waals surface area contributed by atoms with E-state index < -0.39 is 14.9 Å². The number of benzene rings is 1. The Morgan fingerprint density at radius 1 is 1.43 bits per heavy atom. The molecule has 7 nitrogen and oxygen atoms in total. The van der Waals surface area contributed by atoms with Gasteiger partial charge in [0.2, 0.25) is 10.0 Å².